The van der Waals surface area contributed by atoms with E-state index in [0.29, 0.717) is 17.5 Å². The Hall–Kier alpha value is -6.23. The van der Waals surface area contributed by atoms with Gasteiger partial charge < -0.3 is 0 Å². The van der Waals surface area contributed by atoms with Crippen molar-refractivity contribution in [1.82, 2.24) is 15.0 Å². The second kappa shape index (κ2) is 12.4. The highest BCUT2D eigenvalue weighted by Crippen LogP contribution is 2.46. The van der Waals surface area contributed by atoms with Gasteiger partial charge in [0.1, 0.15) is 0 Å². The van der Waals surface area contributed by atoms with Crippen molar-refractivity contribution in [1.29, 1.82) is 0 Å². The van der Waals surface area contributed by atoms with Crippen molar-refractivity contribution in [3.63, 3.8) is 0 Å². The third kappa shape index (κ3) is 5.48. The largest absolute Gasteiger partial charge is 0.208 e. The minimum atomic E-state index is 0.646. The Balaban J connectivity index is 1.26. The molecule has 2 aromatic heterocycles. The zero-order valence-electron chi connectivity index (χ0n) is 26.5. The molecule has 0 aliphatic rings. The summed E-state index contributed by atoms with van der Waals surface area (Å²) in [4.78, 5) is 14.9. The van der Waals surface area contributed by atoms with Crippen LogP contribution in [0.15, 0.2) is 176 Å². The van der Waals surface area contributed by atoms with Crippen LogP contribution in [0.4, 0.5) is 0 Å². The third-order valence-corrected chi connectivity index (χ3v) is 10.2. The van der Waals surface area contributed by atoms with E-state index in [2.05, 4.69) is 115 Å². The number of aromatic nitrogens is 3. The SMILES string of the molecule is c1ccc(-c2cc(-c3cccc(-c4nc(-c5ccccc5)nc(-c5ccccc5)n4)c3)c3sc4c(-c5ccccc5)cccc4c3c2)cc1. The standard InChI is InChI=1S/C45H29N3S/c1-5-15-30(16-6-1)36-28-39(42-40(29-36)38-26-14-25-37(41(38)49-42)31-17-7-2-8-18-31)34-23-13-24-35(27-34)45-47-43(32-19-9-3-10-20-32)46-44(48-45)33-21-11-4-12-22-33/h1-29H. The Bertz CT molecular complexity index is 2520. The fourth-order valence-electron chi connectivity index (χ4n) is 6.52. The van der Waals surface area contributed by atoms with Crippen molar-refractivity contribution in [3.8, 4) is 67.5 Å². The molecule has 0 fully saturated rings. The summed E-state index contributed by atoms with van der Waals surface area (Å²) < 4.78 is 2.56. The molecule has 49 heavy (non-hydrogen) atoms. The Labute approximate surface area is 288 Å². The third-order valence-electron chi connectivity index (χ3n) is 8.92. The first-order chi connectivity index (χ1) is 24.3. The first kappa shape index (κ1) is 29.0. The number of hydrogen-bond acceptors (Lipinski definition) is 4. The van der Waals surface area contributed by atoms with E-state index >= 15 is 0 Å². The van der Waals surface area contributed by atoms with Crippen LogP contribution in [-0.4, -0.2) is 15.0 Å². The molecule has 0 amide bonds. The smallest absolute Gasteiger partial charge is 0.164 e. The lowest BCUT2D eigenvalue weighted by atomic mass is 9.94. The van der Waals surface area contributed by atoms with Crippen LogP contribution in [-0.2, 0) is 0 Å². The van der Waals surface area contributed by atoms with Crippen LogP contribution < -0.4 is 0 Å². The van der Waals surface area contributed by atoms with Crippen LogP contribution >= 0.6 is 11.3 Å². The molecule has 4 heteroatoms. The average molecular weight is 644 g/mol. The van der Waals surface area contributed by atoms with Gasteiger partial charge in [0.15, 0.2) is 17.5 Å². The summed E-state index contributed by atoms with van der Waals surface area (Å²) in [6.07, 6.45) is 0. The predicted molar refractivity (Wildman–Crippen MR) is 205 cm³/mol. The first-order valence-corrected chi connectivity index (χ1v) is 17.2. The van der Waals surface area contributed by atoms with E-state index < -0.39 is 0 Å². The predicted octanol–water partition coefficient (Wildman–Crippen LogP) is 12.2. The summed E-state index contributed by atoms with van der Waals surface area (Å²) in [5, 5.41) is 2.53. The average Bonchev–Trinajstić information content (AvgIpc) is 3.58. The van der Waals surface area contributed by atoms with Gasteiger partial charge in [-0.05, 0) is 46.0 Å². The topological polar surface area (TPSA) is 38.7 Å². The van der Waals surface area contributed by atoms with Gasteiger partial charge in [-0.25, -0.2) is 15.0 Å². The second-order valence-electron chi connectivity index (χ2n) is 12.0. The Kier molecular flexibility index (Phi) is 7.34. The zero-order chi connectivity index (χ0) is 32.6. The van der Waals surface area contributed by atoms with Crippen molar-refractivity contribution in [2.45, 2.75) is 0 Å². The van der Waals surface area contributed by atoms with Gasteiger partial charge in [0.25, 0.3) is 0 Å². The fourth-order valence-corrected chi connectivity index (χ4v) is 7.87. The van der Waals surface area contributed by atoms with Crippen molar-refractivity contribution < 1.29 is 0 Å². The molecule has 2 heterocycles. The van der Waals surface area contributed by atoms with E-state index in [9.17, 15) is 0 Å². The summed E-state index contributed by atoms with van der Waals surface area (Å²) in [6.45, 7) is 0. The monoisotopic (exact) mass is 643 g/mol. The normalized spacial score (nSPS) is 11.3. The molecule has 230 valence electrons. The molecule has 0 aliphatic carbocycles. The van der Waals surface area contributed by atoms with Crippen LogP contribution in [0.3, 0.4) is 0 Å². The van der Waals surface area contributed by atoms with Crippen molar-refractivity contribution in [2.24, 2.45) is 0 Å². The van der Waals surface area contributed by atoms with Gasteiger partial charge in [0.05, 0.1) is 0 Å². The number of rotatable bonds is 6. The summed E-state index contributed by atoms with van der Waals surface area (Å²) in [5.41, 5.74) is 10.0. The second-order valence-corrected chi connectivity index (χ2v) is 13.1. The minimum Gasteiger partial charge on any atom is -0.208 e. The molecule has 0 saturated heterocycles. The maximum Gasteiger partial charge on any atom is 0.164 e. The van der Waals surface area contributed by atoms with Crippen LogP contribution in [0.5, 0.6) is 0 Å². The van der Waals surface area contributed by atoms with E-state index in [0.717, 1.165) is 22.3 Å². The quantitative estimate of drug-likeness (QED) is 0.181. The molecule has 0 aliphatic heterocycles. The molecule has 7 aromatic carbocycles. The molecule has 3 nitrogen and oxygen atoms in total. The maximum atomic E-state index is 5.02. The van der Waals surface area contributed by atoms with Gasteiger partial charge in [-0.3, -0.25) is 0 Å². The van der Waals surface area contributed by atoms with E-state index in [4.69, 9.17) is 15.0 Å². The number of nitrogens with zero attached hydrogens (tertiary/aromatic N) is 3. The van der Waals surface area contributed by atoms with Crippen LogP contribution in [0.1, 0.15) is 0 Å². The summed E-state index contributed by atoms with van der Waals surface area (Å²) >= 11 is 1.87. The number of hydrogen-bond donors (Lipinski definition) is 0. The van der Waals surface area contributed by atoms with E-state index in [1.807, 2.05) is 72.0 Å². The van der Waals surface area contributed by atoms with E-state index in [1.54, 1.807) is 0 Å². The lowest BCUT2D eigenvalue weighted by Gasteiger charge is -2.11. The van der Waals surface area contributed by atoms with Gasteiger partial charge in [0.2, 0.25) is 0 Å². The molecule has 0 unspecified atom stereocenters. The number of thiophene rings is 1. The molecule has 9 rings (SSSR count). The molecule has 0 spiro atoms. The van der Waals surface area contributed by atoms with Gasteiger partial charge in [-0.2, -0.15) is 0 Å². The van der Waals surface area contributed by atoms with Crippen molar-refractivity contribution in [2.75, 3.05) is 0 Å². The molecule has 0 N–H and O–H groups in total. The fraction of sp³-hybridized carbons (Fsp3) is 0. The molecule has 0 atom stereocenters. The number of fused-ring (bicyclic) bond motifs is 3. The molecule has 9 aromatic rings. The van der Waals surface area contributed by atoms with E-state index in [1.165, 1.54) is 48.0 Å². The summed E-state index contributed by atoms with van der Waals surface area (Å²) in [5.74, 6) is 1.95. The summed E-state index contributed by atoms with van der Waals surface area (Å²) in [7, 11) is 0. The number of benzene rings is 7. The van der Waals surface area contributed by atoms with Crippen molar-refractivity contribution >= 4 is 31.5 Å². The van der Waals surface area contributed by atoms with E-state index in [-0.39, 0.29) is 0 Å². The van der Waals surface area contributed by atoms with Gasteiger partial charge in [-0.15, -0.1) is 11.3 Å². The van der Waals surface area contributed by atoms with Crippen LogP contribution in [0.2, 0.25) is 0 Å². The molecule has 0 bridgehead atoms. The lowest BCUT2D eigenvalue weighted by Crippen LogP contribution is -2.00. The maximum absolute atomic E-state index is 5.02. The minimum absolute atomic E-state index is 0.646. The molecule has 0 radical (unpaired) electrons. The van der Waals surface area contributed by atoms with Crippen molar-refractivity contribution in [3.05, 3.63) is 176 Å². The molecular formula is C45H29N3S. The highest BCUT2D eigenvalue weighted by Gasteiger charge is 2.18. The van der Waals surface area contributed by atoms with Gasteiger partial charge >= 0.3 is 0 Å². The molecule has 0 saturated carbocycles. The molecular weight excluding hydrogens is 615 g/mol. The lowest BCUT2D eigenvalue weighted by molar-refractivity contribution is 1.07. The van der Waals surface area contributed by atoms with Crippen LogP contribution in [0, 0.1) is 0 Å². The highest BCUT2D eigenvalue weighted by atomic mass is 32.1. The highest BCUT2D eigenvalue weighted by molar-refractivity contribution is 7.26. The van der Waals surface area contributed by atoms with Gasteiger partial charge in [-0.1, -0.05) is 158 Å². The van der Waals surface area contributed by atoms with Crippen LogP contribution in [0.25, 0.3) is 87.7 Å². The van der Waals surface area contributed by atoms with Gasteiger partial charge in [0, 0.05) is 42.4 Å². The first-order valence-electron chi connectivity index (χ1n) is 16.4. The Morgan fingerprint density at radius 1 is 0.286 bits per heavy atom. The summed E-state index contributed by atoms with van der Waals surface area (Å²) in [6, 6.07) is 61.6. The Morgan fingerprint density at radius 2 is 0.755 bits per heavy atom. The zero-order valence-corrected chi connectivity index (χ0v) is 27.3. The Morgan fingerprint density at radius 3 is 1.37 bits per heavy atom.